The molecule has 2 N–H and O–H groups in total. The number of methoxy groups -OCH3 is 1. The van der Waals surface area contributed by atoms with E-state index in [9.17, 15) is 14.3 Å². The molecule has 0 heterocycles. The lowest BCUT2D eigenvalue weighted by Crippen LogP contribution is -2.37. The molecule has 22 heavy (non-hydrogen) atoms. The lowest BCUT2D eigenvalue weighted by atomic mass is 9.88. The second kappa shape index (κ2) is 8.96. The summed E-state index contributed by atoms with van der Waals surface area (Å²) >= 11 is 0. The van der Waals surface area contributed by atoms with Crippen LogP contribution in [0, 0.1) is 11.2 Å². The molecule has 0 saturated heterocycles. The predicted octanol–water partition coefficient (Wildman–Crippen LogP) is 3.63. The van der Waals surface area contributed by atoms with Gasteiger partial charge < -0.3 is 15.2 Å². The Hall–Kier alpha value is -1.33. The number of hydrogen-bond acceptors (Lipinski definition) is 3. The van der Waals surface area contributed by atoms with Gasteiger partial charge in [-0.25, -0.2) is 4.39 Å². The summed E-state index contributed by atoms with van der Waals surface area (Å²) in [6.07, 6.45) is 1.28. The quantitative estimate of drug-likeness (QED) is 0.800. The number of carboxylic acids is 1. The Labute approximate surface area is 137 Å². The predicted molar refractivity (Wildman–Crippen MR) is 87.2 cm³/mol. The Morgan fingerprint density at radius 1 is 1.41 bits per heavy atom. The summed E-state index contributed by atoms with van der Waals surface area (Å²) in [4.78, 5) is 11.3. The summed E-state index contributed by atoms with van der Waals surface area (Å²) in [5.41, 5.74) is 0.465. The Kier molecular flexibility index (Phi) is 8.41. The third-order valence-corrected chi connectivity index (χ3v) is 3.28. The molecule has 0 spiro atoms. The van der Waals surface area contributed by atoms with Crippen molar-refractivity contribution < 1.29 is 19.0 Å². The van der Waals surface area contributed by atoms with Crippen molar-refractivity contribution in [1.82, 2.24) is 5.32 Å². The summed E-state index contributed by atoms with van der Waals surface area (Å²) < 4.78 is 18.9. The number of rotatable bonds is 7. The minimum atomic E-state index is -0.914. The third-order valence-electron chi connectivity index (χ3n) is 3.28. The maximum atomic E-state index is 14.0. The molecule has 1 aromatic rings. The SMILES string of the molecule is COc1cccc(CN[C@@H](CCC(C)(C)C)C(=O)O)c1F.Cl. The monoisotopic (exact) mass is 333 g/mol. The van der Waals surface area contributed by atoms with Crippen molar-refractivity contribution in [2.75, 3.05) is 7.11 Å². The van der Waals surface area contributed by atoms with Gasteiger partial charge in [-0.1, -0.05) is 32.9 Å². The summed E-state index contributed by atoms with van der Waals surface area (Å²) in [7, 11) is 1.40. The first kappa shape index (κ1) is 20.7. The molecule has 6 heteroatoms. The number of ether oxygens (including phenoxy) is 1. The van der Waals surface area contributed by atoms with Gasteiger partial charge in [0.05, 0.1) is 7.11 Å². The van der Waals surface area contributed by atoms with Crippen LogP contribution in [-0.4, -0.2) is 24.2 Å². The molecular weight excluding hydrogens is 309 g/mol. The summed E-state index contributed by atoms with van der Waals surface area (Å²) in [5, 5.41) is 12.1. The van der Waals surface area contributed by atoms with Crippen LogP contribution in [-0.2, 0) is 11.3 Å². The molecule has 0 radical (unpaired) electrons. The summed E-state index contributed by atoms with van der Waals surface area (Å²) in [6, 6.07) is 4.15. The summed E-state index contributed by atoms with van der Waals surface area (Å²) in [6.45, 7) is 6.35. The smallest absolute Gasteiger partial charge is 0.320 e. The highest BCUT2D eigenvalue weighted by Gasteiger charge is 2.21. The second-order valence-corrected chi connectivity index (χ2v) is 6.30. The van der Waals surface area contributed by atoms with Gasteiger partial charge in [0.15, 0.2) is 11.6 Å². The van der Waals surface area contributed by atoms with E-state index in [1.807, 2.05) is 0 Å². The fraction of sp³-hybridized carbons (Fsp3) is 0.562. The first-order valence-electron chi connectivity index (χ1n) is 7.02. The number of nitrogens with one attached hydrogen (secondary N) is 1. The van der Waals surface area contributed by atoms with Gasteiger partial charge in [-0.2, -0.15) is 0 Å². The zero-order valence-electron chi connectivity index (χ0n) is 13.5. The molecule has 0 bridgehead atoms. The zero-order valence-corrected chi connectivity index (χ0v) is 14.3. The first-order valence-corrected chi connectivity index (χ1v) is 7.02. The average Bonchev–Trinajstić information content (AvgIpc) is 2.38. The van der Waals surface area contributed by atoms with Crippen LogP contribution in [0.4, 0.5) is 4.39 Å². The largest absolute Gasteiger partial charge is 0.494 e. The molecule has 0 amide bonds. The molecule has 0 fully saturated rings. The maximum Gasteiger partial charge on any atom is 0.320 e. The molecule has 0 aliphatic rings. The highest BCUT2D eigenvalue weighted by molar-refractivity contribution is 5.85. The topological polar surface area (TPSA) is 58.6 Å². The van der Waals surface area contributed by atoms with Crippen LogP contribution in [0.25, 0.3) is 0 Å². The molecule has 0 aliphatic carbocycles. The first-order chi connectivity index (χ1) is 9.74. The molecule has 126 valence electrons. The summed E-state index contributed by atoms with van der Waals surface area (Å²) in [5.74, 6) is -1.20. The van der Waals surface area contributed by atoms with E-state index in [4.69, 9.17) is 4.74 Å². The van der Waals surface area contributed by atoms with Crippen molar-refractivity contribution in [3.8, 4) is 5.75 Å². The van der Waals surface area contributed by atoms with E-state index in [-0.39, 0.29) is 30.1 Å². The molecule has 4 nitrogen and oxygen atoms in total. The molecular formula is C16H25ClFNO3. The lowest BCUT2D eigenvalue weighted by Gasteiger charge is -2.21. The fourth-order valence-electron chi connectivity index (χ4n) is 1.97. The van der Waals surface area contributed by atoms with Crippen LogP contribution in [0.5, 0.6) is 5.75 Å². The number of aliphatic carboxylic acids is 1. The van der Waals surface area contributed by atoms with Gasteiger partial charge >= 0.3 is 5.97 Å². The lowest BCUT2D eigenvalue weighted by molar-refractivity contribution is -0.139. The van der Waals surface area contributed by atoms with E-state index in [1.165, 1.54) is 13.2 Å². The van der Waals surface area contributed by atoms with Crippen LogP contribution >= 0.6 is 12.4 Å². The minimum Gasteiger partial charge on any atom is -0.494 e. The van der Waals surface area contributed by atoms with E-state index in [2.05, 4.69) is 26.1 Å². The standard InChI is InChI=1S/C16H24FNO3.ClH/c1-16(2,3)9-8-12(15(19)20)18-10-11-6-5-7-13(21-4)14(11)17;/h5-7,12,18H,8-10H2,1-4H3,(H,19,20);1H/t12-;/m0./s1. The number of benzene rings is 1. The molecule has 1 atom stereocenters. The van der Waals surface area contributed by atoms with Crippen molar-refractivity contribution in [2.24, 2.45) is 5.41 Å². The Morgan fingerprint density at radius 2 is 2.05 bits per heavy atom. The third kappa shape index (κ3) is 6.62. The van der Waals surface area contributed by atoms with E-state index in [1.54, 1.807) is 12.1 Å². The van der Waals surface area contributed by atoms with Crippen molar-refractivity contribution in [3.05, 3.63) is 29.6 Å². The van der Waals surface area contributed by atoms with Crippen LogP contribution in [0.15, 0.2) is 18.2 Å². The molecule has 1 rings (SSSR count). The average molecular weight is 334 g/mol. The fourth-order valence-corrected chi connectivity index (χ4v) is 1.97. The zero-order chi connectivity index (χ0) is 16.0. The number of carbonyl (C=O) groups is 1. The second-order valence-electron chi connectivity index (χ2n) is 6.30. The van der Waals surface area contributed by atoms with Crippen molar-refractivity contribution in [3.63, 3.8) is 0 Å². The molecule has 1 aromatic carbocycles. The maximum absolute atomic E-state index is 14.0. The van der Waals surface area contributed by atoms with Crippen LogP contribution < -0.4 is 10.1 Å². The Balaban J connectivity index is 0.00000441. The van der Waals surface area contributed by atoms with Crippen LogP contribution in [0.2, 0.25) is 0 Å². The van der Waals surface area contributed by atoms with E-state index >= 15 is 0 Å². The normalized spacial score (nSPS) is 12.4. The van der Waals surface area contributed by atoms with E-state index < -0.39 is 17.8 Å². The molecule has 0 saturated carbocycles. The van der Waals surface area contributed by atoms with Crippen LogP contribution in [0.1, 0.15) is 39.2 Å². The highest BCUT2D eigenvalue weighted by atomic mass is 35.5. The van der Waals surface area contributed by atoms with Crippen LogP contribution in [0.3, 0.4) is 0 Å². The van der Waals surface area contributed by atoms with Crippen molar-refractivity contribution in [2.45, 2.75) is 46.2 Å². The number of carboxylic acid groups (broad SMARTS) is 1. The molecule has 0 aliphatic heterocycles. The Bertz CT molecular complexity index is 489. The van der Waals surface area contributed by atoms with Gasteiger partial charge in [-0.3, -0.25) is 4.79 Å². The molecule has 0 unspecified atom stereocenters. The van der Waals surface area contributed by atoms with Crippen molar-refractivity contribution in [1.29, 1.82) is 0 Å². The number of halogens is 2. The van der Waals surface area contributed by atoms with Gasteiger partial charge in [0, 0.05) is 12.1 Å². The van der Waals surface area contributed by atoms with Gasteiger partial charge in [0.1, 0.15) is 6.04 Å². The van der Waals surface area contributed by atoms with E-state index in [0.29, 0.717) is 12.0 Å². The van der Waals surface area contributed by atoms with Gasteiger partial charge in [0.25, 0.3) is 0 Å². The van der Waals surface area contributed by atoms with Gasteiger partial charge in [-0.05, 0) is 24.3 Å². The van der Waals surface area contributed by atoms with E-state index in [0.717, 1.165) is 6.42 Å². The molecule has 0 aromatic heterocycles. The van der Waals surface area contributed by atoms with Crippen molar-refractivity contribution >= 4 is 18.4 Å². The minimum absolute atomic E-state index is 0. The Morgan fingerprint density at radius 3 is 2.55 bits per heavy atom. The highest BCUT2D eigenvalue weighted by Crippen LogP contribution is 2.23. The van der Waals surface area contributed by atoms with Gasteiger partial charge in [-0.15, -0.1) is 12.4 Å². The van der Waals surface area contributed by atoms with Gasteiger partial charge in [0.2, 0.25) is 0 Å². The number of hydrogen-bond donors (Lipinski definition) is 2.